The van der Waals surface area contributed by atoms with Gasteiger partial charge in [-0.3, -0.25) is 4.68 Å². The molecule has 0 spiro atoms. The molecule has 0 atom stereocenters. The number of rotatable bonds is 6. The molecule has 0 saturated heterocycles. The van der Waals surface area contributed by atoms with Gasteiger partial charge < -0.3 is 15.4 Å². The first-order chi connectivity index (χ1) is 9.58. The maximum atomic E-state index is 5.68. The summed E-state index contributed by atoms with van der Waals surface area (Å²) in [6.45, 7) is 3.19. The van der Waals surface area contributed by atoms with E-state index in [-0.39, 0.29) is 12.0 Å². The Morgan fingerprint density at radius 3 is 2.80 bits per heavy atom. The van der Waals surface area contributed by atoms with Gasteiger partial charge in [-0.15, -0.1) is 0 Å². The Morgan fingerprint density at radius 2 is 2.15 bits per heavy atom. The fourth-order valence-electron chi connectivity index (χ4n) is 1.69. The zero-order valence-corrected chi connectivity index (χ0v) is 11.9. The second-order valence-electron chi connectivity index (χ2n) is 4.50. The monoisotopic (exact) mass is 277 g/mol. The molecule has 2 N–H and O–H groups in total. The van der Waals surface area contributed by atoms with Crippen LogP contribution in [0.15, 0.2) is 12.4 Å². The summed E-state index contributed by atoms with van der Waals surface area (Å²) in [6, 6.07) is 0.257. The SMILES string of the molecule is CCCOc1nc(N)nc(N(C)Cc2cnn(C)c2)n1. The summed E-state index contributed by atoms with van der Waals surface area (Å²) in [7, 11) is 3.76. The molecule has 0 aliphatic carbocycles. The fraction of sp³-hybridized carbons (Fsp3) is 0.500. The van der Waals surface area contributed by atoms with Crippen molar-refractivity contribution in [2.24, 2.45) is 7.05 Å². The largest absolute Gasteiger partial charge is 0.463 e. The Kier molecular flexibility index (Phi) is 4.34. The fourth-order valence-corrected chi connectivity index (χ4v) is 1.69. The van der Waals surface area contributed by atoms with Gasteiger partial charge in [-0.1, -0.05) is 6.92 Å². The zero-order valence-electron chi connectivity index (χ0n) is 11.9. The van der Waals surface area contributed by atoms with E-state index in [9.17, 15) is 0 Å². The van der Waals surface area contributed by atoms with E-state index in [0.29, 0.717) is 19.1 Å². The van der Waals surface area contributed by atoms with Crippen molar-refractivity contribution >= 4 is 11.9 Å². The molecule has 0 aliphatic heterocycles. The summed E-state index contributed by atoms with van der Waals surface area (Å²) in [5, 5.41) is 4.13. The van der Waals surface area contributed by atoms with Gasteiger partial charge in [-0.25, -0.2) is 0 Å². The van der Waals surface area contributed by atoms with E-state index in [1.54, 1.807) is 10.9 Å². The molecular weight excluding hydrogens is 258 g/mol. The highest BCUT2D eigenvalue weighted by molar-refractivity contribution is 5.35. The quantitative estimate of drug-likeness (QED) is 0.826. The summed E-state index contributed by atoms with van der Waals surface area (Å²) in [5.74, 6) is 0.631. The molecule has 108 valence electrons. The summed E-state index contributed by atoms with van der Waals surface area (Å²) in [4.78, 5) is 14.2. The van der Waals surface area contributed by atoms with Gasteiger partial charge in [0.2, 0.25) is 11.9 Å². The van der Waals surface area contributed by atoms with E-state index in [0.717, 1.165) is 12.0 Å². The molecule has 20 heavy (non-hydrogen) atoms. The van der Waals surface area contributed by atoms with Crippen LogP contribution in [0.5, 0.6) is 6.01 Å². The van der Waals surface area contributed by atoms with Crippen LogP contribution in [0.25, 0.3) is 0 Å². The number of nitrogens with two attached hydrogens (primary N) is 1. The minimum atomic E-state index is 0.152. The second-order valence-corrected chi connectivity index (χ2v) is 4.50. The number of aryl methyl sites for hydroxylation is 1. The van der Waals surface area contributed by atoms with Crippen molar-refractivity contribution in [2.75, 3.05) is 24.3 Å². The highest BCUT2D eigenvalue weighted by Gasteiger charge is 2.11. The summed E-state index contributed by atoms with van der Waals surface area (Å²) < 4.78 is 7.15. The smallest absolute Gasteiger partial charge is 0.323 e. The zero-order chi connectivity index (χ0) is 14.5. The number of ether oxygens (including phenoxy) is 1. The molecule has 0 fully saturated rings. The number of aromatic nitrogens is 5. The molecule has 0 bridgehead atoms. The van der Waals surface area contributed by atoms with E-state index in [4.69, 9.17) is 10.5 Å². The van der Waals surface area contributed by atoms with Gasteiger partial charge in [-0.2, -0.15) is 20.1 Å². The lowest BCUT2D eigenvalue weighted by molar-refractivity contribution is 0.292. The maximum absolute atomic E-state index is 5.68. The van der Waals surface area contributed by atoms with Gasteiger partial charge >= 0.3 is 6.01 Å². The topological polar surface area (TPSA) is 95.0 Å². The van der Waals surface area contributed by atoms with E-state index in [1.165, 1.54) is 0 Å². The predicted octanol–water partition coefficient (Wildman–Crippen LogP) is 0.612. The molecular formula is C12H19N7O. The molecule has 2 aromatic heterocycles. The lowest BCUT2D eigenvalue weighted by Crippen LogP contribution is -2.20. The van der Waals surface area contributed by atoms with E-state index in [2.05, 4.69) is 20.1 Å². The molecule has 0 saturated carbocycles. The third-order valence-electron chi connectivity index (χ3n) is 2.58. The molecule has 0 aromatic carbocycles. The minimum absolute atomic E-state index is 0.152. The number of nitrogen functional groups attached to an aromatic ring is 1. The molecule has 8 nitrogen and oxygen atoms in total. The van der Waals surface area contributed by atoms with Gasteiger partial charge in [0.05, 0.1) is 12.8 Å². The number of nitrogens with zero attached hydrogens (tertiary/aromatic N) is 6. The molecule has 0 radical (unpaired) electrons. The number of hydrogen-bond donors (Lipinski definition) is 1. The van der Waals surface area contributed by atoms with Crippen LogP contribution in [0, 0.1) is 0 Å². The van der Waals surface area contributed by atoms with Crippen molar-refractivity contribution in [3.63, 3.8) is 0 Å². The molecule has 8 heteroatoms. The van der Waals surface area contributed by atoms with Crippen molar-refractivity contribution in [3.8, 4) is 6.01 Å². The Hall–Kier alpha value is -2.38. The predicted molar refractivity (Wildman–Crippen MR) is 75.3 cm³/mol. The number of hydrogen-bond acceptors (Lipinski definition) is 7. The van der Waals surface area contributed by atoms with Crippen LogP contribution in [0.1, 0.15) is 18.9 Å². The first kappa shape index (κ1) is 14.0. The van der Waals surface area contributed by atoms with Crippen molar-refractivity contribution in [1.29, 1.82) is 0 Å². The normalized spacial score (nSPS) is 10.6. The highest BCUT2D eigenvalue weighted by atomic mass is 16.5. The molecule has 2 aromatic rings. The number of anilines is 2. The van der Waals surface area contributed by atoms with Crippen LogP contribution in [0.3, 0.4) is 0 Å². The third-order valence-corrected chi connectivity index (χ3v) is 2.58. The Morgan fingerprint density at radius 1 is 1.35 bits per heavy atom. The van der Waals surface area contributed by atoms with Gasteiger partial charge in [-0.05, 0) is 6.42 Å². The average molecular weight is 277 g/mol. The van der Waals surface area contributed by atoms with Crippen LogP contribution in [0.4, 0.5) is 11.9 Å². The second kappa shape index (κ2) is 6.18. The first-order valence-electron chi connectivity index (χ1n) is 6.41. The van der Waals surface area contributed by atoms with Crippen molar-refractivity contribution in [1.82, 2.24) is 24.7 Å². The molecule has 2 heterocycles. The summed E-state index contributed by atoms with van der Waals surface area (Å²) in [6.07, 6.45) is 4.62. The van der Waals surface area contributed by atoms with Crippen LogP contribution in [0.2, 0.25) is 0 Å². The van der Waals surface area contributed by atoms with Gasteiger partial charge in [0, 0.05) is 32.4 Å². The average Bonchev–Trinajstić information content (AvgIpc) is 2.81. The highest BCUT2D eigenvalue weighted by Crippen LogP contribution is 2.14. The third kappa shape index (κ3) is 3.56. The van der Waals surface area contributed by atoms with Gasteiger partial charge in [0.15, 0.2) is 0 Å². The van der Waals surface area contributed by atoms with E-state index >= 15 is 0 Å². The maximum Gasteiger partial charge on any atom is 0.323 e. The lowest BCUT2D eigenvalue weighted by atomic mass is 10.3. The van der Waals surface area contributed by atoms with Crippen LogP contribution < -0.4 is 15.4 Å². The summed E-state index contributed by atoms with van der Waals surface area (Å²) in [5.41, 5.74) is 6.74. The van der Waals surface area contributed by atoms with Crippen molar-refractivity contribution < 1.29 is 4.74 Å². The van der Waals surface area contributed by atoms with Crippen molar-refractivity contribution in [3.05, 3.63) is 18.0 Å². The van der Waals surface area contributed by atoms with Gasteiger partial charge in [0.25, 0.3) is 0 Å². The minimum Gasteiger partial charge on any atom is -0.463 e. The molecule has 0 unspecified atom stereocenters. The Labute approximate surface area is 117 Å². The van der Waals surface area contributed by atoms with E-state index < -0.39 is 0 Å². The van der Waals surface area contributed by atoms with Crippen molar-refractivity contribution in [2.45, 2.75) is 19.9 Å². The van der Waals surface area contributed by atoms with Crippen LogP contribution >= 0.6 is 0 Å². The van der Waals surface area contributed by atoms with Crippen LogP contribution in [-0.2, 0) is 13.6 Å². The Bertz CT molecular complexity index is 569. The van der Waals surface area contributed by atoms with Gasteiger partial charge in [0.1, 0.15) is 0 Å². The first-order valence-corrected chi connectivity index (χ1v) is 6.41. The Balaban J connectivity index is 2.12. The van der Waals surface area contributed by atoms with E-state index in [1.807, 2.05) is 32.1 Å². The lowest BCUT2D eigenvalue weighted by Gasteiger charge is -2.16. The van der Waals surface area contributed by atoms with Crippen LogP contribution in [-0.4, -0.2) is 38.4 Å². The molecule has 2 rings (SSSR count). The molecule has 0 aliphatic rings. The molecule has 0 amide bonds. The standard InChI is InChI=1S/C12H19N7O/c1-4-5-20-12-16-10(13)15-11(17-12)18(2)7-9-6-14-19(3)8-9/h6,8H,4-5,7H2,1-3H3,(H2,13,15,16,17). The summed E-state index contributed by atoms with van der Waals surface area (Å²) >= 11 is 0.